The van der Waals surface area contributed by atoms with Gasteiger partial charge in [0.1, 0.15) is 0 Å². The van der Waals surface area contributed by atoms with E-state index < -0.39 is 5.97 Å². The molecule has 0 aliphatic heterocycles. The standard InChI is InChI=1S/C17H16O2/c18-17(19)13-7-12-16(14-8-3-1-4-9-14)15-10-5-2-6-11-15/h1-11,13,16H,12H2,(H,18,19)/b13-7+. The van der Waals surface area contributed by atoms with Crippen LogP contribution < -0.4 is 0 Å². The normalized spacial score (nSPS) is 11.0. The molecule has 0 bridgehead atoms. The molecular weight excluding hydrogens is 236 g/mol. The number of carboxylic acids is 1. The zero-order chi connectivity index (χ0) is 13.5. The minimum Gasteiger partial charge on any atom is -0.478 e. The Hall–Kier alpha value is -2.35. The van der Waals surface area contributed by atoms with Crippen molar-refractivity contribution in [1.29, 1.82) is 0 Å². The summed E-state index contributed by atoms with van der Waals surface area (Å²) in [6.45, 7) is 0. The minimum absolute atomic E-state index is 0.193. The first-order chi connectivity index (χ1) is 9.27. The Morgan fingerprint density at radius 2 is 1.42 bits per heavy atom. The van der Waals surface area contributed by atoms with Gasteiger partial charge in [-0.2, -0.15) is 0 Å². The van der Waals surface area contributed by atoms with Crippen molar-refractivity contribution < 1.29 is 9.90 Å². The predicted octanol–water partition coefficient (Wildman–Crippen LogP) is 3.85. The van der Waals surface area contributed by atoms with Crippen LogP contribution in [0.1, 0.15) is 23.5 Å². The lowest BCUT2D eigenvalue weighted by molar-refractivity contribution is -0.131. The smallest absolute Gasteiger partial charge is 0.327 e. The van der Waals surface area contributed by atoms with Crippen LogP contribution in [0.25, 0.3) is 0 Å². The molecule has 0 aliphatic carbocycles. The predicted molar refractivity (Wildman–Crippen MR) is 76.1 cm³/mol. The Kier molecular flexibility index (Phi) is 4.51. The molecule has 0 amide bonds. The molecule has 1 N–H and O–H groups in total. The molecule has 2 heteroatoms. The maximum Gasteiger partial charge on any atom is 0.327 e. The number of hydrogen-bond acceptors (Lipinski definition) is 1. The van der Waals surface area contributed by atoms with Crippen LogP contribution in [-0.4, -0.2) is 11.1 Å². The van der Waals surface area contributed by atoms with Crippen LogP contribution >= 0.6 is 0 Å². The molecule has 0 saturated heterocycles. The van der Waals surface area contributed by atoms with Crippen LogP contribution in [0.3, 0.4) is 0 Å². The lowest BCUT2D eigenvalue weighted by Crippen LogP contribution is -2.00. The van der Waals surface area contributed by atoms with Gasteiger partial charge in [-0.3, -0.25) is 0 Å². The Morgan fingerprint density at radius 1 is 0.947 bits per heavy atom. The highest BCUT2D eigenvalue weighted by atomic mass is 16.4. The van der Waals surface area contributed by atoms with Gasteiger partial charge in [-0.1, -0.05) is 66.7 Å². The Balaban J connectivity index is 2.26. The molecule has 0 spiro atoms. The maximum atomic E-state index is 10.6. The molecule has 0 aliphatic rings. The summed E-state index contributed by atoms with van der Waals surface area (Å²) in [7, 11) is 0. The fourth-order valence-corrected chi connectivity index (χ4v) is 2.14. The third kappa shape index (κ3) is 3.81. The summed E-state index contributed by atoms with van der Waals surface area (Å²) in [5.41, 5.74) is 2.40. The summed E-state index contributed by atoms with van der Waals surface area (Å²) in [5.74, 6) is -0.710. The second kappa shape index (κ2) is 6.55. The number of aliphatic carboxylic acids is 1. The first-order valence-electron chi connectivity index (χ1n) is 6.26. The van der Waals surface area contributed by atoms with Crippen LogP contribution in [0.15, 0.2) is 72.8 Å². The van der Waals surface area contributed by atoms with Gasteiger partial charge in [-0.25, -0.2) is 4.79 Å². The first kappa shape index (κ1) is 13.1. The Labute approximate surface area is 113 Å². The molecule has 2 aromatic rings. The molecule has 0 atom stereocenters. The molecule has 0 unspecified atom stereocenters. The quantitative estimate of drug-likeness (QED) is 0.821. The van der Waals surface area contributed by atoms with Crippen molar-refractivity contribution >= 4 is 5.97 Å². The van der Waals surface area contributed by atoms with E-state index in [-0.39, 0.29) is 5.92 Å². The summed E-state index contributed by atoms with van der Waals surface area (Å²) in [6, 6.07) is 20.3. The Bertz CT molecular complexity index is 504. The lowest BCUT2D eigenvalue weighted by Gasteiger charge is -2.16. The van der Waals surface area contributed by atoms with Crippen molar-refractivity contribution in [2.45, 2.75) is 12.3 Å². The van der Waals surface area contributed by atoms with Crippen molar-refractivity contribution in [2.24, 2.45) is 0 Å². The van der Waals surface area contributed by atoms with E-state index in [4.69, 9.17) is 5.11 Å². The molecule has 2 nitrogen and oxygen atoms in total. The highest BCUT2D eigenvalue weighted by Gasteiger charge is 2.11. The number of benzene rings is 2. The van der Waals surface area contributed by atoms with Gasteiger partial charge in [0.15, 0.2) is 0 Å². The van der Waals surface area contributed by atoms with Crippen molar-refractivity contribution in [3.05, 3.63) is 83.9 Å². The largest absolute Gasteiger partial charge is 0.478 e. The molecule has 0 aromatic heterocycles. The molecule has 0 radical (unpaired) electrons. The minimum atomic E-state index is -0.903. The number of carbonyl (C=O) groups is 1. The fourth-order valence-electron chi connectivity index (χ4n) is 2.14. The summed E-state index contributed by atoms with van der Waals surface area (Å²) >= 11 is 0. The van der Waals surface area contributed by atoms with Crippen LogP contribution in [0.5, 0.6) is 0 Å². The summed E-state index contributed by atoms with van der Waals surface area (Å²) < 4.78 is 0. The van der Waals surface area contributed by atoms with E-state index in [9.17, 15) is 4.79 Å². The molecule has 2 rings (SSSR count). The van der Waals surface area contributed by atoms with E-state index in [0.29, 0.717) is 6.42 Å². The molecule has 2 aromatic carbocycles. The fraction of sp³-hybridized carbons (Fsp3) is 0.118. The molecule has 0 heterocycles. The number of hydrogen-bond donors (Lipinski definition) is 1. The van der Waals surface area contributed by atoms with E-state index in [1.807, 2.05) is 36.4 Å². The number of carboxylic acid groups (broad SMARTS) is 1. The number of rotatable bonds is 5. The van der Waals surface area contributed by atoms with Gasteiger partial charge in [0.25, 0.3) is 0 Å². The molecule has 96 valence electrons. The third-order valence-corrected chi connectivity index (χ3v) is 3.04. The SMILES string of the molecule is O=C(O)/C=C/CC(c1ccccc1)c1ccccc1. The van der Waals surface area contributed by atoms with E-state index in [1.54, 1.807) is 6.08 Å². The average Bonchev–Trinajstić information content (AvgIpc) is 2.45. The van der Waals surface area contributed by atoms with Crippen LogP contribution in [-0.2, 0) is 4.79 Å². The highest BCUT2D eigenvalue weighted by molar-refractivity contribution is 5.79. The number of allylic oxidation sites excluding steroid dienone is 1. The zero-order valence-electron chi connectivity index (χ0n) is 10.6. The van der Waals surface area contributed by atoms with E-state index in [2.05, 4.69) is 24.3 Å². The van der Waals surface area contributed by atoms with Gasteiger partial charge in [0.2, 0.25) is 0 Å². The van der Waals surface area contributed by atoms with Crippen LogP contribution in [0, 0.1) is 0 Å². The van der Waals surface area contributed by atoms with Crippen LogP contribution in [0.2, 0.25) is 0 Å². The van der Waals surface area contributed by atoms with Gasteiger partial charge in [-0.15, -0.1) is 0 Å². The maximum absolute atomic E-state index is 10.6. The summed E-state index contributed by atoms with van der Waals surface area (Å²) in [5, 5.41) is 8.68. The first-order valence-corrected chi connectivity index (χ1v) is 6.26. The van der Waals surface area contributed by atoms with Crippen molar-refractivity contribution in [3.8, 4) is 0 Å². The molecule has 19 heavy (non-hydrogen) atoms. The van der Waals surface area contributed by atoms with Crippen molar-refractivity contribution in [2.75, 3.05) is 0 Å². The zero-order valence-corrected chi connectivity index (χ0v) is 10.6. The van der Waals surface area contributed by atoms with E-state index >= 15 is 0 Å². The molecule has 0 fully saturated rings. The van der Waals surface area contributed by atoms with Gasteiger partial charge in [0.05, 0.1) is 0 Å². The summed E-state index contributed by atoms with van der Waals surface area (Å²) in [6.07, 6.45) is 3.60. The Morgan fingerprint density at radius 3 is 1.84 bits per heavy atom. The van der Waals surface area contributed by atoms with Gasteiger partial charge >= 0.3 is 5.97 Å². The topological polar surface area (TPSA) is 37.3 Å². The monoisotopic (exact) mass is 252 g/mol. The summed E-state index contributed by atoms with van der Waals surface area (Å²) in [4.78, 5) is 10.6. The van der Waals surface area contributed by atoms with Crippen molar-refractivity contribution in [1.82, 2.24) is 0 Å². The van der Waals surface area contributed by atoms with E-state index in [1.165, 1.54) is 17.2 Å². The van der Waals surface area contributed by atoms with Crippen LogP contribution in [0.4, 0.5) is 0 Å². The third-order valence-electron chi connectivity index (χ3n) is 3.04. The van der Waals surface area contributed by atoms with Gasteiger partial charge < -0.3 is 5.11 Å². The molecular formula is C17H16O2. The van der Waals surface area contributed by atoms with Gasteiger partial charge in [0, 0.05) is 12.0 Å². The van der Waals surface area contributed by atoms with E-state index in [0.717, 1.165) is 0 Å². The van der Waals surface area contributed by atoms with Gasteiger partial charge in [-0.05, 0) is 17.5 Å². The van der Waals surface area contributed by atoms with Crippen molar-refractivity contribution in [3.63, 3.8) is 0 Å². The molecule has 0 saturated carbocycles. The lowest BCUT2D eigenvalue weighted by atomic mass is 9.88. The average molecular weight is 252 g/mol. The second-order valence-corrected chi connectivity index (χ2v) is 4.35. The highest BCUT2D eigenvalue weighted by Crippen LogP contribution is 2.28. The second-order valence-electron chi connectivity index (χ2n) is 4.35.